The third-order valence-corrected chi connectivity index (χ3v) is 6.78. The molecule has 2 heteroatoms. The molecule has 2 aliphatic carbocycles. The summed E-state index contributed by atoms with van der Waals surface area (Å²) in [7, 11) is 0. The van der Waals surface area contributed by atoms with E-state index in [1.54, 1.807) is 0 Å². The Morgan fingerprint density at radius 3 is 2.33 bits per heavy atom. The molecule has 2 saturated carbocycles. The average Bonchev–Trinajstić information content (AvgIpc) is 2.52. The van der Waals surface area contributed by atoms with Crippen molar-refractivity contribution < 1.29 is 0 Å². The highest BCUT2D eigenvalue weighted by Crippen LogP contribution is 2.44. The van der Waals surface area contributed by atoms with Crippen molar-refractivity contribution in [2.45, 2.75) is 83.6 Å². The van der Waals surface area contributed by atoms with Gasteiger partial charge in [0.1, 0.15) is 0 Å². The number of piperidine rings is 1. The fourth-order valence-corrected chi connectivity index (χ4v) is 5.08. The molecule has 1 saturated heterocycles. The molecule has 0 bridgehead atoms. The second-order valence-electron chi connectivity index (χ2n) is 8.22. The minimum absolute atomic E-state index is 0.764. The minimum atomic E-state index is 0.764. The van der Waals surface area contributed by atoms with E-state index in [1.807, 2.05) is 0 Å². The summed E-state index contributed by atoms with van der Waals surface area (Å²) in [6.07, 6.45) is 16.2. The summed E-state index contributed by atoms with van der Waals surface area (Å²) in [5, 5.41) is 3.85. The molecule has 1 aliphatic heterocycles. The van der Waals surface area contributed by atoms with Crippen molar-refractivity contribution in [1.82, 2.24) is 10.2 Å². The molecule has 1 spiro atoms. The zero-order valence-electron chi connectivity index (χ0n) is 14.2. The van der Waals surface area contributed by atoms with Crippen LogP contribution in [0.25, 0.3) is 0 Å². The van der Waals surface area contributed by atoms with Gasteiger partial charge in [0, 0.05) is 19.1 Å². The number of hydrogen-bond donors (Lipinski definition) is 1. The van der Waals surface area contributed by atoms with Gasteiger partial charge in [-0.1, -0.05) is 39.0 Å². The van der Waals surface area contributed by atoms with Crippen LogP contribution in [0.15, 0.2) is 0 Å². The van der Waals surface area contributed by atoms with Gasteiger partial charge in [-0.15, -0.1) is 0 Å². The maximum atomic E-state index is 3.85. The first-order chi connectivity index (χ1) is 10.3. The Hall–Kier alpha value is -0.0800. The minimum Gasteiger partial charge on any atom is -0.312 e. The van der Waals surface area contributed by atoms with Crippen molar-refractivity contribution in [3.63, 3.8) is 0 Å². The monoisotopic (exact) mass is 292 g/mol. The van der Waals surface area contributed by atoms with Gasteiger partial charge in [-0.3, -0.25) is 0 Å². The number of hydrogen-bond acceptors (Lipinski definition) is 2. The third-order valence-electron chi connectivity index (χ3n) is 6.78. The third kappa shape index (κ3) is 4.22. The highest BCUT2D eigenvalue weighted by molar-refractivity contribution is 4.88. The Labute approximate surface area is 132 Å². The first-order valence-corrected chi connectivity index (χ1v) is 9.73. The van der Waals surface area contributed by atoms with Gasteiger partial charge in [-0.05, 0) is 62.9 Å². The van der Waals surface area contributed by atoms with Gasteiger partial charge in [0.05, 0.1) is 0 Å². The van der Waals surface area contributed by atoms with Gasteiger partial charge in [-0.2, -0.15) is 0 Å². The maximum Gasteiger partial charge on any atom is 0.0107 e. The number of nitrogens with one attached hydrogen (secondary N) is 1. The van der Waals surface area contributed by atoms with Gasteiger partial charge in [0.15, 0.2) is 0 Å². The fraction of sp³-hybridized carbons (Fsp3) is 1.00. The zero-order valence-corrected chi connectivity index (χ0v) is 14.2. The van der Waals surface area contributed by atoms with Gasteiger partial charge < -0.3 is 10.2 Å². The van der Waals surface area contributed by atoms with E-state index in [4.69, 9.17) is 0 Å². The van der Waals surface area contributed by atoms with E-state index in [1.165, 1.54) is 96.8 Å². The standard InChI is InChI=1S/C19H36N2/c1-17-7-3-4-8-18(17)20-13-16-21-14-11-19(12-15-21)9-5-2-6-10-19/h17-18,20H,2-16H2,1H3. The molecule has 2 nitrogen and oxygen atoms in total. The molecule has 21 heavy (non-hydrogen) atoms. The van der Waals surface area contributed by atoms with E-state index < -0.39 is 0 Å². The van der Waals surface area contributed by atoms with Crippen LogP contribution in [0.4, 0.5) is 0 Å². The van der Waals surface area contributed by atoms with Crippen molar-refractivity contribution >= 4 is 0 Å². The van der Waals surface area contributed by atoms with Crippen LogP contribution in [0.2, 0.25) is 0 Å². The second kappa shape index (κ2) is 7.46. The molecule has 3 aliphatic rings. The van der Waals surface area contributed by atoms with E-state index in [-0.39, 0.29) is 0 Å². The molecule has 0 aromatic heterocycles. The maximum absolute atomic E-state index is 3.85. The van der Waals surface area contributed by atoms with Crippen LogP contribution in [0.5, 0.6) is 0 Å². The summed E-state index contributed by atoms with van der Waals surface area (Å²) in [6.45, 7) is 7.65. The van der Waals surface area contributed by atoms with Crippen LogP contribution >= 0.6 is 0 Å². The van der Waals surface area contributed by atoms with Crippen LogP contribution in [0.1, 0.15) is 77.6 Å². The summed E-state index contributed by atoms with van der Waals surface area (Å²) >= 11 is 0. The smallest absolute Gasteiger partial charge is 0.0107 e. The Bertz CT molecular complexity index is 299. The van der Waals surface area contributed by atoms with Crippen LogP contribution in [-0.2, 0) is 0 Å². The van der Waals surface area contributed by atoms with Crippen LogP contribution < -0.4 is 5.32 Å². The molecule has 3 fully saturated rings. The fourth-order valence-electron chi connectivity index (χ4n) is 5.08. The Morgan fingerprint density at radius 2 is 1.62 bits per heavy atom. The van der Waals surface area contributed by atoms with E-state index in [9.17, 15) is 0 Å². The number of rotatable bonds is 4. The second-order valence-corrected chi connectivity index (χ2v) is 8.22. The largest absolute Gasteiger partial charge is 0.312 e. The average molecular weight is 293 g/mol. The molecular weight excluding hydrogens is 256 g/mol. The molecule has 1 N–H and O–H groups in total. The van der Waals surface area contributed by atoms with Crippen LogP contribution in [0.3, 0.4) is 0 Å². The topological polar surface area (TPSA) is 15.3 Å². The van der Waals surface area contributed by atoms with E-state index >= 15 is 0 Å². The molecule has 0 aromatic rings. The summed E-state index contributed by atoms with van der Waals surface area (Å²) in [6, 6.07) is 0.799. The van der Waals surface area contributed by atoms with Crippen LogP contribution in [0, 0.1) is 11.3 Å². The summed E-state index contributed by atoms with van der Waals surface area (Å²) in [5.74, 6) is 0.894. The molecule has 2 unspecified atom stereocenters. The predicted octanol–water partition coefficient (Wildman–Crippen LogP) is 4.20. The molecule has 2 atom stereocenters. The summed E-state index contributed by atoms with van der Waals surface area (Å²) < 4.78 is 0. The zero-order chi connectivity index (χ0) is 14.5. The van der Waals surface area contributed by atoms with Crippen molar-refractivity contribution in [3.05, 3.63) is 0 Å². The quantitative estimate of drug-likeness (QED) is 0.835. The Kier molecular flexibility index (Phi) is 5.61. The molecule has 3 rings (SSSR count). The molecule has 0 aromatic carbocycles. The SMILES string of the molecule is CC1CCCCC1NCCN1CCC2(CCCCC2)CC1. The number of nitrogens with zero attached hydrogens (tertiary/aromatic N) is 1. The highest BCUT2D eigenvalue weighted by Gasteiger charge is 2.35. The normalized spacial score (nSPS) is 34.1. The lowest BCUT2D eigenvalue weighted by molar-refractivity contribution is 0.0674. The summed E-state index contributed by atoms with van der Waals surface area (Å²) in [5.41, 5.74) is 0.764. The lowest BCUT2D eigenvalue weighted by Crippen LogP contribution is -2.45. The molecule has 122 valence electrons. The van der Waals surface area contributed by atoms with Gasteiger partial charge in [0.25, 0.3) is 0 Å². The molecule has 0 amide bonds. The molecular formula is C19H36N2. The Balaban J connectivity index is 1.34. The first-order valence-electron chi connectivity index (χ1n) is 9.73. The first kappa shape index (κ1) is 15.8. The van der Waals surface area contributed by atoms with Gasteiger partial charge in [-0.25, -0.2) is 0 Å². The Morgan fingerprint density at radius 1 is 0.905 bits per heavy atom. The number of likely N-dealkylation sites (tertiary alicyclic amines) is 1. The van der Waals surface area contributed by atoms with Gasteiger partial charge >= 0.3 is 0 Å². The summed E-state index contributed by atoms with van der Waals surface area (Å²) in [4.78, 5) is 2.72. The van der Waals surface area contributed by atoms with Crippen molar-refractivity contribution in [1.29, 1.82) is 0 Å². The van der Waals surface area contributed by atoms with Crippen LogP contribution in [-0.4, -0.2) is 37.1 Å². The lowest BCUT2D eigenvalue weighted by atomic mass is 9.68. The highest BCUT2D eigenvalue weighted by atomic mass is 15.1. The predicted molar refractivity (Wildman–Crippen MR) is 90.6 cm³/mol. The van der Waals surface area contributed by atoms with Gasteiger partial charge in [0.2, 0.25) is 0 Å². The molecule has 1 heterocycles. The lowest BCUT2D eigenvalue weighted by Gasteiger charge is -2.44. The van der Waals surface area contributed by atoms with Crippen molar-refractivity contribution in [2.24, 2.45) is 11.3 Å². The van der Waals surface area contributed by atoms with E-state index in [0.29, 0.717) is 0 Å². The van der Waals surface area contributed by atoms with Crippen molar-refractivity contribution in [2.75, 3.05) is 26.2 Å². The van der Waals surface area contributed by atoms with E-state index in [0.717, 1.165) is 17.4 Å². The van der Waals surface area contributed by atoms with E-state index in [2.05, 4.69) is 17.1 Å². The van der Waals surface area contributed by atoms with Crippen molar-refractivity contribution in [3.8, 4) is 0 Å². The molecule has 0 radical (unpaired) electrons.